The van der Waals surface area contributed by atoms with Crippen molar-refractivity contribution in [1.29, 1.82) is 0 Å². The Morgan fingerprint density at radius 2 is 1.96 bits per heavy atom. The molecule has 0 amide bonds. The minimum Gasteiger partial charge on any atom is -0.507 e. The van der Waals surface area contributed by atoms with E-state index in [4.69, 9.17) is 4.74 Å². The molecule has 0 atom stereocenters. The van der Waals surface area contributed by atoms with Crippen molar-refractivity contribution in [2.75, 3.05) is 7.11 Å². The molecule has 3 nitrogen and oxygen atoms in total. The number of benzene rings is 2. The lowest BCUT2D eigenvalue weighted by molar-refractivity contribution is 0.112. The quantitative estimate of drug-likeness (QED) is 0.448. The number of rotatable bonds is 7. The van der Waals surface area contributed by atoms with Gasteiger partial charge in [-0.25, -0.2) is 0 Å². The van der Waals surface area contributed by atoms with Gasteiger partial charge in [-0.3, -0.25) is 4.79 Å². The summed E-state index contributed by atoms with van der Waals surface area (Å²) in [5, 5.41) is 10.5. The van der Waals surface area contributed by atoms with Gasteiger partial charge < -0.3 is 9.84 Å². The molecule has 2 aromatic rings. The van der Waals surface area contributed by atoms with Crippen molar-refractivity contribution < 1.29 is 14.6 Å². The summed E-state index contributed by atoms with van der Waals surface area (Å²) >= 11 is 0. The maximum absolute atomic E-state index is 11.5. The highest BCUT2D eigenvalue weighted by molar-refractivity contribution is 5.89. The lowest BCUT2D eigenvalue weighted by atomic mass is 9.97. The number of carbonyl (C=O) groups excluding carboxylic acids is 1. The van der Waals surface area contributed by atoms with E-state index < -0.39 is 0 Å². The zero-order chi connectivity index (χ0) is 17.5. The number of allylic oxidation sites excluding steroid dienone is 1. The number of aromatic hydroxyl groups is 1. The Morgan fingerprint density at radius 1 is 1.25 bits per heavy atom. The van der Waals surface area contributed by atoms with Gasteiger partial charge in [0.25, 0.3) is 0 Å². The highest BCUT2D eigenvalue weighted by Gasteiger charge is 2.16. The highest BCUT2D eigenvalue weighted by Crippen LogP contribution is 2.35. The zero-order valence-corrected chi connectivity index (χ0v) is 14.1. The number of hydrogen-bond acceptors (Lipinski definition) is 3. The molecule has 2 aromatic carbocycles. The molecule has 0 saturated heterocycles. The number of hydrogen-bond donors (Lipinski definition) is 1. The molecule has 2 rings (SSSR count). The van der Waals surface area contributed by atoms with Crippen LogP contribution in [0.2, 0.25) is 0 Å². The fourth-order valence-electron chi connectivity index (χ4n) is 2.50. The van der Waals surface area contributed by atoms with E-state index in [2.05, 4.69) is 6.58 Å². The van der Waals surface area contributed by atoms with E-state index in [9.17, 15) is 9.90 Å². The summed E-state index contributed by atoms with van der Waals surface area (Å²) in [6.07, 6.45) is 5.69. The van der Waals surface area contributed by atoms with Crippen LogP contribution in [0.25, 0.3) is 12.2 Å². The second-order valence-electron chi connectivity index (χ2n) is 5.73. The Labute approximate surface area is 142 Å². The molecular formula is C21H22O3. The summed E-state index contributed by atoms with van der Waals surface area (Å²) < 4.78 is 5.41. The van der Waals surface area contributed by atoms with Gasteiger partial charge in [-0.1, -0.05) is 48.1 Å². The molecule has 0 heterocycles. The molecular weight excluding hydrogens is 300 g/mol. The van der Waals surface area contributed by atoms with Crippen LogP contribution in [0, 0.1) is 0 Å². The van der Waals surface area contributed by atoms with Crippen molar-refractivity contribution >= 4 is 18.4 Å². The van der Waals surface area contributed by atoms with E-state index in [-0.39, 0.29) is 11.3 Å². The monoisotopic (exact) mass is 322 g/mol. The number of phenolic OH excluding ortho intramolecular Hbond substituents is 1. The fourth-order valence-corrected chi connectivity index (χ4v) is 2.50. The van der Waals surface area contributed by atoms with Crippen molar-refractivity contribution in [3.05, 3.63) is 70.8 Å². The van der Waals surface area contributed by atoms with Gasteiger partial charge in [-0.15, -0.1) is 6.58 Å². The van der Waals surface area contributed by atoms with Gasteiger partial charge in [0.1, 0.15) is 11.5 Å². The lowest BCUT2D eigenvalue weighted by Gasteiger charge is -2.14. The third-order valence-electron chi connectivity index (χ3n) is 3.83. The Kier molecular flexibility index (Phi) is 5.96. The molecule has 0 aromatic heterocycles. The first-order chi connectivity index (χ1) is 11.6. The number of ether oxygens (including phenoxy) is 1. The van der Waals surface area contributed by atoms with Gasteiger partial charge in [-0.2, -0.15) is 0 Å². The number of aldehydes is 1. The second kappa shape index (κ2) is 8.16. The van der Waals surface area contributed by atoms with Gasteiger partial charge >= 0.3 is 0 Å². The van der Waals surface area contributed by atoms with Crippen LogP contribution in [-0.4, -0.2) is 18.5 Å². The van der Waals surface area contributed by atoms with Crippen molar-refractivity contribution in [2.24, 2.45) is 0 Å². The summed E-state index contributed by atoms with van der Waals surface area (Å²) in [4.78, 5) is 11.5. The predicted octanol–water partition coefficient (Wildman–Crippen LogP) is 4.89. The molecule has 0 unspecified atom stereocenters. The average Bonchev–Trinajstić information content (AvgIpc) is 2.59. The molecule has 1 N–H and O–H groups in total. The molecule has 0 fully saturated rings. The minimum absolute atomic E-state index is 0.0155. The first-order valence-electron chi connectivity index (χ1n) is 7.82. The summed E-state index contributed by atoms with van der Waals surface area (Å²) in [5.41, 5.74) is 3.57. The summed E-state index contributed by atoms with van der Waals surface area (Å²) in [6, 6.07) is 11.6. The van der Waals surface area contributed by atoms with Crippen LogP contribution in [0.1, 0.15) is 40.4 Å². The lowest BCUT2D eigenvalue weighted by Crippen LogP contribution is -1.99. The first kappa shape index (κ1) is 17.5. The molecule has 0 aliphatic carbocycles. The van der Waals surface area contributed by atoms with E-state index in [1.165, 1.54) is 0 Å². The Balaban J connectivity index is 2.45. The van der Waals surface area contributed by atoms with Gasteiger partial charge in [0.05, 0.1) is 12.7 Å². The Morgan fingerprint density at radius 3 is 2.54 bits per heavy atom. The second-order valence-corrected chi connectivity index (χ2v) is 5.73. The summed E-state index contributed by atoms with van der Waals surface area (Å²) in [6.45, 7) is 5.81. The minimum atomic E-state index is -0.0155. The van der Waals surface area contributed by atoms with E-state index in [0.29, 0.717) is 29.6 Å². The highest BCUT2D eigenvalue weighted by atomic mass is 16.5. The first-order valence-corrected chi connectivity index (χ1v) is 7.82. The van der Waals surface area contributed by atoms with Crippen LogP contribution in [-0.2, 0) is 6.42 Å². The molecule has 124 valence electrons. The Hall–Kier alpha value is -2.81. The SMILES string of the molecule is C=C(C)CCc1c(OC)cc(/C=C/c2ccccc2)c(C=O)c1O. The third-order valence-corrected chi connectivity index (χ3v) is 3.83. The van der Waals surface area contributed by atoms with Crippen LogP contribution in [0.5, 0.6) is 11.5 Å². The van der Waals surface area contributed by atoms with Crippen molar-refractivity contribution in [3.8, 4) is 11.5 Å². The number of carbonyl (C=O) groups is 1. The molecule has 3 heteroatoms. The van der Waals surface area contributed by atoms with Crippen LogP contribution in [0.3, 0.4) is 0 Å². The zero-order valence-electron chi connectivity index (χ0n) is 14.1. The van der Waals surface area contributed by atoms with Crippen LogP contribution < -0.4 is 4.74 Å². The molecule has 0 bridgehead atoms. The van der Waals surface area contributed by atoms with E-state index in [1.807, 2.05) is 49.4 Å². The topological polar surface area (TPSA) is 46.5 Å². The third kappa shape index (κ3) is 4.13. The van der Waals surface area contributed by atoms with Crippen LogP contribution in [0.4, 0.5) is 0 Å². The van der Waals surface area contributed by atoms with Gasteiger partial charge in [0.2, 0.25) is 0 Å². The Bertz CT molecular complexity index is 758. The van der Waals surface area contributed by atoms with Gasteiger partial charge in [0, 0.05) is 5.56 Å². The van der Waals surface area contributed by atoms with Crippen molar-refractivity contribution in [3.63, 3.8) is 0 Å². The average molecular weight is 322 g/mol. The molecule has 24 heavy (non-hydrogen) atoms. The maximum atomic E-state index is 11.5. The molecule has 0 spiro atoms. The normalized spacial score (nSPS) is 10.8. The van der Waals surface area contributed by atoms with E-state index in [1.54, 1.807) is 13.2 Å². The van der Waals surface area contributed by atoms with E-state index >= 15 is 0 Å². The number of methoxy groups -OCH3 is 1. The number of phenols is 1. The largest absolute Gasteiger partial charge is 0.507 e. The summed E-state index contributed by atoms with van der Waals surface area (Å²) in [7, 11) is 1.56. The fraction of sp³-hybridized carbons (Fsp3) is 0.190. The molecule has 0 saturated carbocycles. The smallest absolute Gasteiger partial charge is 0.154 e. The standard InChI is InChI=1S/C21H22O3/c1-15(2)9-12-18-20(24-3)13-17(19(14-22)21(18)23)11-10-16-7-5-4-6-8-16/h4-8,10-11,13-14,23H,1,9,12H2,2-3H3/b11-10+. The van der Waals surface area contributed by atoms with Crippen molar-refractivity contribution in [2.45, 2.75) is 19.8 Å². The summed E-state index contributed by atoms with van der Waals surface area (Å²) in [5.74, 6) is 0.561. The molecule has 0 aliphatic rings. The van der Waals surface area contributed by atoms with Gasteiger partial charge in [0.15, 0.2) is 6.29 Å². The molecule has 0 radical (unpaired) electrons. The molecule has 0 aliphatic heterocycles. The van der Waals surface area contributed by atoms with Crippen LogP contribution >= 0.6 is 0 Å². The van der Waals surface area contributed by atoms with Gasteiger partial charge in [-0.05, 0) is 37.0 Å². The maximum Gasteiger partial charge on any atom is 0.154 e. The van der Waals surface area contributed by atoms with Crippen molar-refractivity contribution in [1.82, 2.24) is 0 Å². The van der Waals surface area contributed by atoms with Crippen LogP contribution in [0.15, 0.2) is 48.6 Å². The predicted molar refractivity (Wildman–Crippen MR) is 98.6 cm³/mol. The van der Waals surface area contributed by atoms with E-state index in [0.717, 1.165) is 17.6 Å².